The highest BCUT2D eigenvalue weighted by Crippen LogP contribution is 2.15. The van der Waals surface area contributed by atoms with E-state index < -0.39 is 20.0 Å². The van der Waals surface area contributed by atoms with E-state index in [-0.39, 0.29) is 24.0 Å². The first-order valence-electron chi connectivity index (χ1n) is 5.92. The smallest absolute Gasteiger partial charge is 0.240 e. The van der Waals surface area contributed by atoms with Gasteiger partial charge in [0.2, 0.25) is 20.0 Å². The Balaban J connectivity index is 2.72. The van der Waals surface area contributed by atoms with Crippen LogP contribution in [0.25, 0.3) is 0 Å². The largest absolute Gasteiger partial charge is 0.324 e. The molecule has 0 amide bonds. The highest BCUT2D eigenvalue weighted by Gasteiger charge is 2.14. The number of nitrogens with two attached hydrogens (primary N) is 1. The van der Waals surface area contributed by atoms with Crippen LogP contribution in [0, 0.1) is 0 Å². The van der Waals surface area contributed by atoms with Gasteiger partial charge in [-0.15, -0.1) is 0 Å². The van der Waals surface area contributed by atoms with Gasteiger partial charge in [0.1, 0.15) is 0 Å². The summed E-state index contributed by atoms with van der Waals surface area (Å²) in [6, 6.07) is 6.04. The van der Waals surface area contributed by atoms with Crippen LogP contribution in [0.1, 0.15) is 18.5 Å². The van der Waals surface area contributed by atoms with E-state index in [0.717, 1.165) is 6.26 Å². The number of sulfonamides is 2. The van der Waals surface area contributed by atoms with Crippen molar-refractivity contribution in [2.45, 2.75) is 17.9 Å². The average Bonchev–Trinajstić information content (AvgIpc) is 2.34. The fraction of sp³-hybridized carbons (Fsp3) is 0.455. The Bertz CT molecular complexity index is 654. The summed E-state index contributed by atoms with van der Waals surface area (Å²) in [6.45, 7) is 1.72. The Hall–Kier alpha value is -1.00. The van der Waals surface area contributed by atoms with Crippen molar-refractivity contribution in [1.29, 1.82) is 0 Å². The molecule has 0 saturated carbocycles. The molecule has 0 saturated heterocycles. The molecule has 9 heteroatoms. The van der Waals surface area contributed by atoms with Gasteiger partial charge in [-0.3, -0.25) is 0 Å². The molecule has 0 bridgehead atoms. The van der Waals surface area contributed by atoms with E-state index in [4.69, 9.17) is 5.73 Å². The number of rotatable bonds is 7. The summed E-state index contributed by atoms with van der Waals surface area (Å²) >= 11 is 0. The zero-order valence-corrected chi connectivity index (χ0v) is 13.0. The maximum Gasteiger partial charge on any atom is 0.240 e. The van der Waals surface area contributed by atoms with Gasteiger partial charge in [-0.2, -0.15) is 0 Å². The predicted octanol–water partition coefficient (Wildman–Crippen LogP) is -0.466. The van der Waals surface area contributed by atoms with Gasteiger partial charge in [-0.25, -0.2) is 26.3 Å². The zero-order chi connectivity index (χ0) is 15.4. The van der Waals surface area contributed by atoms with Crippen LogP contribution in [-0.2, 0) is 20.0 Å². The van der Waals surface area contributed by atoms with Crippen molar-refractivity contribution in [2.24, 2.45) is 5.73 Å². The topological polar surface area (TPSA) is 118 Å². The lowest BCUT2D eigenvalue weighted by atomic mass is 10.1. The zero-order valence-electron chi connectivity index (χ0n) is 11.3. The first kappa shape index (κ1) is 17.1. The summed E-state index contributed by atoms with van der Waals surface area (Å²) in [7, 11) is -7.00. The fourth-order valence-electron chi connectivity index (χ4n) is 1.47. The molecule has 114 valence electrons. The van der Waals surface area contributed by atoms with E-state index >= 15 is 0 Å². The van der Waals surface area contributed by atoms with E-state index in [1.54, 1.807) is 19.1 Å². The molecule has 0 aliphatic heterocycles. The van der Waals surface area contributed by atoms with Crippen molar-refractivity contribution < 1.29 is 16.8 Å². The van der Waals surface area contributed by atoms with Crippen LogP contribution in [0.4, 0.5) is 0 Å². The molecule has 0 fully saturated rings. The quantitative estimate of drug-likeness (QED) is 0.587. The molecule has 1 rings (SSSR count). The highest BCUT2D eigenvalue weighted by molar-refractivity contribution is 7.89. The third kappa shape index (κ3) is 5.55. The van der Waals surface area contributed by atoms with E-state index in [2.05, 4.69) is 9.44 Å². The second-order valence-electron chi connectivity index (χ2n) is 4.43. The Morgan fingerprint density at radius 3 is 2.30 bits per heavy atom. The van der Waals surface area contributed by atoms with E-state index in [1.165, 1.54) is 12.1 Å². The van der Waals surface area contributed by atoms with Gasteiger partial charge in [0.15, 0.2) is 0 Å². The summed E-state index contributed by atoms with van der Waals surface area (Å²) < 4.78 is 50.2. The Morgan fingerprint density at radius 1 is 1.15 bits per heavy atom. The van der Waals surface area contributed by atoms with Crippen molar-refractivity contribution >= 4 is 20.0 Å². The van der Waals surface area contributed by atoms with E-state index in [0.29, 0.717) is 5.56 Å². The lowest BCUT2D eigenvalue weighted by molar-refractivity contribution is 0.573. The standard InChI is InChI=1S/C11H19N3O4S2/c1-9(12)10-4-3-5-11(8-10)20(17,18)14-7-6-13-19(2,15)16/h3-5,8-9,13-14H,6-7,12H2,1-2H3. The Morgan fingerprint density at radius 2 is 1.75 bits per heavy atom. The molecular weight excluding hydrogens is 302 g/mol. The molecule has 7 nitrogen and oxygen atoms in total. The fourth-order valence-corrected chi connectivity index (χ4v) is 3.03. The summed E-state index contributed by atoms with van der Waals surface area (Å²) in [5.74, 6) is 0. The van der Waals surface area contributed by atoms with E-state index in [9.17, 15) is 16.8 Å². The number of nitrogens with one attached hydrogen (secondary N) is 2. The molecule has 0 spiro atoms. The molecule has 0 aliphatic carbocycles. The number of hydrogen-bond donors (Lipinski definition) is 3. The molecule has 1 atom stereocenters. The monoisotopic (exact) mass is 321 g/mol. The van der Waals surface area contributed by atoms with Crippen molar-refractivity contribution in [3.05, 3.63) is 29.8 Å². The number of benzene rings is 1. The van der Waals surface area contributed by atoms with Crippen LogP contribution in [-0.4, -0.2) is 36.2 Å². The molecule has 1 aromatic carbocycles. The second-order valence-corrected chi connectivity index (χ2v) is 8.03. The van der Waals surface area contributed by atoms with Gasteiger partial charge in [-0.1, -0.05) is 12.1 Å². The molecule has 20 heavy (non-hydrogen) atoms. The van der Waals surface area contributed by atoms with Gasteiger partial charge in [0.25, 0.3) is 0 Å². The van der Waals surface area contributed by atoms with E-state index in [1.807, 2.05) is 0 Å². The van der Waals surface area contributed by atoms with Gasteiger partial charge in [0, 0.05) is 19.1 Å². The van der Waals surface area contributed by atoms with Crippen LogP contribution in [0.5, 0.6) is 0 Å². The minimum Gasteiger partial charge on any atom is -0.324 e. The highest BCUT2D eigenvalue weighted by atomic mass is 32.2. The molecule has 1 aromatic rings. The van der Waals surface area contributed by atoms with Crippen LogP contribution in [0.2, 0.25) is 0 Å². The van der Waals surface area contributed by atoms with Crippen molar-refractivity contribution in [2.75, 3.05) is 19.3 Å². The minimum atomic E-state index is -3.67. The predicted molar refractivity (Wildman–Crippen MR) is 77.1 cm³/mol. The van der Waals surface area contributed by atoms with Crippen LogP contribution in [0.15, 0.2) is 29.2 Å². The lowest BCUT2D eigenvalue weighted by Gasteiger charge is -2.10. The first-order chi connectivity index (χ1) is 9.12. The van der Waals surface area contributed by atoms with Crippen LogP contribution < -0.4 is 15.2 Å². The maximum absolute atomic E-state index is 12.0. The van der Waals surface area contributed by atoms with Crippen molar-refractivity contribution in [3.8, 4) is 0 Å². The van der Waals surface area contributed by atoms with Crippen molar-refractivity contribution in [3.63, 3.8) is 0 Å². The van der Waals surface area contributed by atoms with Gasteiger partial charge in [-0.05, 0) is 24.6 Å². The summed E-state index contributed by atoms with van der Waals surface area (Å²) in [5, 5.41) is 0. The maximum atomic E-state index is 12.0. The molecule has 0 heterocycles. The summed E-state index contributed by atoms with van der Waals surface area (Å²) in [6.07, 6.45) is 1.01. The minimum absolute atomic E-state index is 0.00888. The molecular formula is C11H19N3O4S2. The SMILES string of the molecule is CC(N)c1cccc(S(=O)(=O)NCCNS(C)(=O)=O)c1. The Kier molecular flexibility index (Phi) is 5.66. The van der Waals surface area contributed by atoms with Crippen LogP contribution in [0.3, 0.4) is 0 Å². The van der Waals surface area contributed by atoms with Gasteiger partial charge in [0.05, 0.1) is 11.2 Å². The molecule has 0 aliphatic rings. The second kappa shape index (κ2) is 6.64. The average molecular weight is 321 g/mol. The summed E-state index contributed by atoms with van der Waals surface area (Å²) in [5.41, 5.74) is 6.41. The van der Waals surface area contributed by atoms with Gasteiger partial charge < -0.3 is 5.73 Å². The molecule has 0 aromatic heterocycles. The van der Waals surface area contributed by atoms with Gasteiger partial charge >= 0.3 is 0 Å². The summed E-state index contributed by atoms with van der Waals surface area (Å²) in [4.78, 5) is 0.103. The molecule has 0 radical (unpaired) electrons. The Labute approximate surface area is 119 Å². The molecule has 1 unspecified atom stereocenters. The van der Waals surface area contributed by atoms with Crippen LogP contribution >= 0.6 is 0 Å². The third-order valence-corrected chi connectivity index (χ3v) is 4.66. The number of hydrogen-bond acceptors (Lipinski definition) is 5. The lowest BCUT2D eigenvalue weighted by Crippen LogP contribution is -2.34. The first-order valence-corrected chi connectivity index (χ1v) is 9.29. The normalized spacial score (nSPS) is 14.2. The van der Waals surface area contributed by atoms with Crippen molar-refractivity contribution in [1.82, 2.24) is 9.44 Å². The third-order valence-electron chi connectivity index (χ3n) is 2.48. The molecule has 4 N–H and O–H groups in total.